The number of nitrogens with one attached hydrogen (secondary N) is 1. The molecule has 0 atom stereocenters. The number of thiophene rings is 1. The zero-order valence-electron chi connectivity index (χ0n) is 16.8. The Bertz CT molecular complexity index is 923. The third kappa shape index (κ3) is 6.20. The molecule has 0 fully saturated rings. The first-order chi connectivity index (χ1) is 14.0. The highest BCUT2D eigenvalue weighted by Gasteiger charge is 2.10. The van der Waals surface area contributed by atoms with E-state index in [4.69, 9.17) is 21.3 Å². The van der Waals surface area contributed by atoms with Crippen LogP contribution in [0.4, 0.5) is 0 Å². The molecule has 9 heteroatoms. The van der Waals surface area contributed by atoms with E-state index in [1.807, 2.05) is 60.8 Å². The van der Waals surface area contributed by atoms with Crippen molar-refractivity contribution in [2.24, 2.45) is 12.0 Å². The van der Waals surface area contributed by atoms with Crippen molar-refractivity contribution < 1.29 is 4.74 Å². The van der Waals surface area contributed by atoms with Gasteiger partial charge in [0.25, 0.3) is 0 Å². The molecule has 2 heterocycles. The number of nitrogens with zero attached hydrogens (tertiary/aromatic N) is 5. The van der Waals surface area contributed by atoms with Gasteiger partial charge in [0.15, 0.2) is 11.8 Å². The third-order valence-corrected chi connectivity index (χ3v) is 5.55. The lowest BCUT2D eigenvalue weighted by Gasteiger charge is -2.22. The first kappa shape index (κ1) is 21.1. The van der Waals surface area contributed by atoms with Crippen molar-refractivity contribution in [2.75, 3.05) is 20.2 Å². The summed E-state index contributed by atoms with van der Waals surface area (Å²) in [4.78, 5) is 8.04. The summed E-state index contributed by atoms with van der Waals surface area (Å²) in [6.45, 7) is 4.30. The van der Waals surface area contributed by atoms with Crippen LogP contribution in [0.2, 0.25) is 5.02 Å². The SMILES string of the molecule is Cc1nnc(CN=C(NCc2cccs2)N(C)CCOc2ccc(Cl)cc2)n1C. The molecular weight excluding hydrogens is 408 g/mol. The summed E-state index contributed by atoms with van der Waals surface area (Å²) >= 11 is 7.63. The average Bonchev–Trinajstić information content (AvgIpc) is 3.34. The Morgan fingerprint density at radius 2 is 2.07 bits per heavy atom. The molecular formula is C20H25ClN6OS. The van der Waals surface area contributed by atoms with Gasteiger partial charge in [0.05, 0.1) is 13.1 Å². The van der Waals surface area contributed by atoms with Crippen LogP contribution in [0.25, 0.3) is 0 Å². The number of likely N-dealkylation sites (N-methyl/N-ethyl adjacent to an activating group) is 1. The lowest BCUT2D eigenvalue weighted by Crippen LogP contribution is -2.40. The first-order valence-corrected chi connectivity index (χ1v) is 10.5. The molecule has 29 heavy (non-hydrogen) atoms. The summed E-state index contributed by atoms with van der Waals surface area (Å²) in [5, 5.41) is 14.5. The van der Waals surface area contributed by atoms with Gasteiger partial charge in [-0.2, -0.15) is 0 Å². The van der Waals surface area contributed by atoms with Gasteiger partial charge >= 0.3 is 0 Å². The van der Waals surface area contributed by atoms with Gasteiger partial charge in [0.1, 0.15) is 24.7 Å². The minimum Gasteiger partial charge on any atom is -0.492 e. The van der Waals surface area contributed by atoms with E-state index in [9.17, 15) is 0 Å². The Labute approximate surface area is 180 Å². The Kier molecular flexibility index (Phi) is 7.48. The van der Waals surface area contributed by atoms with E-state index in [-0.39, 0.29) is 0 Å². The number of aliphatic imine (C=N–C) groups is 1. The van der Waals surface area contributed by atoms with Gasteiger partial charge in [-0.25, -0.2) is 4.99 Å². The quantitative estimate of drug-likeness (QED) is 0.436. The second-order valence-electron chi connectivity index (χ2n) is 6.52. The fraction of sp³-hybridized carbons (Fsp3) is 0.350. The van der Waals surface area contributed by atoms with Crippen LogP contribution in [-0.4, -0.2) is 45.8 Å². The molecule has 0 saturated heterocycles. The fourth-order valence-corrected chi connectivity index (χ4v) is 3.33. The highest BCUT2D eigenvalue weighted by Crippen LogP contribution is 2.15. The smallest absolute Gasteiger partial charge is 0.194 e. The number of hydrogen-bond acceptors (Lipinski definition) is 5. The molecule has 0 saturated carbocycles. The Morgan fingerprint density at radius 3 is 2.72 bits per heavy atom. The molecule has 0 unspecified atom stereocenters. The predicted octanol–water partition coefficient (Wildman–Crippen LogP) is 3.50. The van der Waals surface area contributed by atoms with Crippen LogP contribution < -0.4 is 10.1 Å². The van der Waals surface area contributed by atoms with Crippen LogP contribution in [0.5, 0.6) is 5.75 Å². The summed E-state index contributed by atoms with van der Waals surface area (Å²) in [6, 6.07) is 11.5. The topological polar surface area (TPSA) is 67.6 Å². The molecule has 0 spiro atoms. The van der Waals surface area contributed by atoms with Gasteiger partial charge in [-0.15, -0.1) is 21.5 Å². The van der Waals surface area contributed by atoms with Gasteiger partial charge < -0.3 is 19.5 Å². The monoisotopic (exact) mass is 432 g/mol. The molecule has 2 aromatic heterocycles. The van der Waals surface area contributed by atoms with Gasteiger partial charge in [-0.1, -0.05) is 17.7 Å². The molecule has 0 amide bonds. The molecule has 0 aliphatic carbocycles. The maximum Gasteiger partial charge on any atom is 0.194 e. The van der Waals surface area contributed by atoms with Crippen molar-refractivity contribution in [1.82, 2.24) is 25.0 Å². The summed E-state index contributed by atoms with van der Waals surface area (Å²) in [5.41, 5.74) is 0. The van der Waals surface area contributed by atoms with Crippen molar-refractivity contribution >= 4 is 28.9 Å². The zero-order chi connectivity index (χ0) is 20.6. The third-order valence-electron chi connectivity index (χ3n) is 4.42. The van der Waals surface area contributed by atoms with Gasteiger partial charge in [-0.05, 0) is 42.6 Å². The minimum absolute atomic E-state index is 0.451. The first-order valence-electron chi connectivity index (χ1n) is 9.28. The molecule has 154 valence electrons. The predicted molar refractivity (Wildman–Crippen MR) is 118 cm³/mol. The number of rotatable bonds is 8. The number of halogens is 1. The van der Waals surface area contributed by atoms with Crippen molar-refractivity contribution in [3.8, 4) is 5.75 Å². The van der Waals surface area contributed by atoms with Crippen LogP contribution in [0.1, 0.15) is 16.5 Å². The van der Waals surface area contributed by atoms with Gasteiger partial charge in [-0.3, -0.25) is 0 Å². The number of benzene rings is 1. The van der Waals surface area contributed by atoms with Crippen LogP contribution in [0.15, 0.2) is 46.8 Å². The average molecular weight is 433 g/mol. The number of aryl methyl sites for hydroxylation is 1. The molecule has 0 radical (unpaired) electrons. The molecule has 7 nitrogen and oxygen atoms in total. The fourth-order valence-electron chi connectivity index (χ4n) is 2.56. The molecule has 1 N–H and O–H groups in total. The molecule has 0 aliphatic rings. The number of aromatic nitrogens is 3. The summed E-state index contributed by atoms with van der Waals surface area (Å²) < 4.78 is 7.76. The van der Waals surface area contributed by atoms with Crippen LogP contribution in [0, 0.1) is 6.92 Å². The van der Waals surface area contributed by atoms with Crippen LogP contribution in [-0.2, 0) is 20.1 Å². The summed E-state index contributed by atoms with van der Waals surface area (Å²) in [6.07, 6.45) is 0. The van der Waals surface area contributed by atoms with E-state index in [1.165, 1.54) is 4.88 Å². The van der Waals surface area contributed by atoms with Crippen LogP contribution >= 0.6 is 22.9 Å². The molecule has 3 rings (SSSR count). The second kappa shape index (κ2) is 10.3. The number of hydrogen-bond donors (Lipinski definition) is 1. The normalized spacial score (nSPS) is 11.5. The van der Waals surface area contributed by atoms with E-state index in [1.54, 1.807) is 11.3 Å². The van der Waals surface area contributed by atoms with Crippen molar-refractivity contribution in [3.63, 3.8) is 0 Å². The number of guanidine groups is 1. The summed E-state index contributed by atoms with van der Waals surface area (Å²) in [5.74, 6) is 3.28. The molecule has 0 bridgehead atoms. The summed E-state index contributed by atoms with van der Waals surface area (Å²) in [7, 11) is 3.94. The number of ether oxygens (including phenoxy) is 1. The molecule has 1 aromatic carbocycles. The lowest BCUT2D eigenvalue weighted by atomic mass is 10.3. The standard InChI is InChI=1S/C20H25ClN6OS/c1-15-24-25-19(27(15)3)14-23-20(22-13-18-5-4-12-29-18)26(2)10-11-28-17-8-6-16(21)7-9-17/h4-9,12H,10-11,13-14H2,1-3H3,(H,22,23). The van der Waals surface area contributed by atoms with Crippen molar-refractivity contribution in [1.29, 1.82) is 0 Å². The maximum absolute atomic E-state index is 5.91. The van der Waals surface area contributed by atoms with Crippen molar-refractivity contribution in [3.05, 3.63) is 63.3 Å². The largest absolute Gasteiger partial charge is 0.492 e. The second-order valence-corrected chi connectivity index (χ2v) is 7.99. The van der Waals surface area contributed by atoms with E-state index in [0.29, 0.717) is 24.7 Å². The Hall–Kier alpha value is -2.58. The highest BCUT2D eigenvalue weighted by molar-refractivity contribution is 7.09. The van der Waals surface area contributed by atoms with E-state index >= 15 is 0 Å². The molecule has 0 aliphatic heterocycles. The Morgan fingerprint density at radius 1 is 1.28 bits per heavy atom. The lowest BCUT2D eigenvalue weighted by molar-refractivity contribution is 0.281. The van der Waals surface area contributed by atoms with Gasteiger partial charge in [0, 0.05) is 24.0 Å². The van der Waals surface area contributed by atoms with Gasteiger partial charge in [0.2, 0.25) is 0 Å². The zero-order valence-corrected chi connectivity index (χ0v) is 18.4. The van der Waals surface area contributed by atoms with Crippen molar-refractivity contribution in [2.45, 2.75) is 20.0 Å². The van der Waals surface area contributed by atoms with E-state index < -0.39 is 0 Å². The maximum atomic E-state index is 5.91. The minimum atomic E-state index is 0.451. The highest BCUT2D eigenvalue weighted by atomic mass is 35.5. The Balaban J connectivity index is 1.61. The van der Waals surface area contributed by atoms with E-state index in [2.05, 4.69) is 27.0 Å². The van der Waals surface area contributed by atoms with E-state index in [0.717, 1.165) is 29.9 Å². The molecule has 3 aromatic rings. The van der Waals surface area contributed by atoms with Crippen LogP contribution in [0.3, 0.4) is 0 Å².